The maximum Gasteiger partial charge on any atom is 0.307 e. The fraction of sp³-hybridized carbons (Fsp3) is 0.750. The van der Waals surface area contributed by atoms with E-state index < -0.39 is 5.97 Å². The van der Waals surface area contributed by atoms with E-state index in [1.54, 1.807) is 4.68 Å². The van der Waals surface area contributed by atoms with Crippen molar-refractivity contribution in [1.29, 1.82) is 0 Å². The van der Waals surface area contributed by atoms with Crippen LogP contribution in [0.4, 0.5) is 0 Å². The van der Waals surface area contributed by atoms with E-state index in [4.69, 9.17) is 0 Å². The summed E-state index contributed by atoms with van der Waals surface area (Å²) in [6.07, 6.45) is 4.51. The predicted octanol–water partition coefficient (Wildman–Crippen LogP) is 1.74. The van der Waals surface area contributed by atoms with Crippen LogP contribution in [-0.2, 0) is 18.3 Å². The quantitative estimate of drug-likeness (QED) is 0.866. The molecule has 1 heterocycles. The first-order valence-corrected chi connectivity index (χ1v) is 6.26. The number of aryl methyl sites for hydroxylation is 2. The molecule has 1 aromatic heterocycles. The van der Waals surface area contributed by atoms with Gasteiger partial charge >= 0.3 is 5.97 Å². The number of aliphatic carboxylic acids is 1. The van der Waals surface area contributed by atoms with Crippen LogP contribution in [0.3, 0.4) is 0 Å². The molecule has 0 aromatic carbocycles. The molecular formula is C12H19N3O2. The van der Waals surface area contributed by atoms with E-state index in [2.05, 4.69) is 17.0 Å². The zero-order valence-corrected chi connectivity index (χ0v) is 10.4. The van der Waals surface area contributed by atoms with Crippen LogP contribution in [0.25, 0.3) is 0 Å². The summed E-state index contributed by atoms with van der Waals surface area (Å²) in [5, 5.41) is 13.5. The average Bonchev–Trinajstić information content (AvgIpc) is 2.84. The fourth-order valence-corrected chi connectivity index (χ4v) is 2.67. The van der Waals surface area contributed by atoms with E-state index in [-0.39, 0.29) is 11.8 Å². The second kappa shape index (κ2) is 4.85. The smallest absolute Gasteiger partial charge is 0.307 e. The van der Waals surface area contributed by atoms with Crippen molar-refractivity contribution in [1.82, 2.24) is 14.8 Å². The molecule has 1 aliphatic carbocycles. The Bertz CT molecular complexity index is 414. The van der Waals surface area contributed by atoms with Gasteiger partial charge in [0, 0.05) is 19.4 Å². The van der Waals surface area contributed by atoms with Crippen LogP contribution >= 0.6 is 0 Å². The van der Waals surface area contributed by atoms with Gasteiger partial charge < -0.3 is 5.11 Å². The third-order valence-corrected chi connectivity index (χ3v) is 3.48. The molecule has 17 heavy (non-hydrogen) atoms. The molecule has 0 radical (unpaired) electrons. The highest BCUT2D eigenvalue weighted by Crippen LogP contribution is 2.38. The monoisotopic (exact) mass is 237 g/mol. The largest absolute Gasteiger partial charge is 0.481 e. The molecule has 2 unspecified atom stereocenters. The summed E-state index contributed by atoms with van der Waals surface area (Å²) >= 11 is 0. The standard InChI is InChI=1S/C12H19N3O2/c1-3-5-10-13-11(15(2)14-10)8-6-4-7-9(8)12(16)17/h8-9H,3-7H2,1-2H3,(H,16,17). The maximum absolute atomic E-state index is 11.2. The van der Waals surface area contributed by atoms with Crippen molar-refractivity contribution in [2.45, 2.75) is 44.9 Å². The highest BCUT2D eigenvalue weighted by Gasteiger charge is 2.36. The number of carboxylic acid groups (broad SMARTS) is 1. The second-order valence-electron chi connectivity index (χ2n) is 4.74. The molecule has 94 valence electrons. The predicted molar refractivity (Wildman–Crippen MR) is 62.7 cm³/mol. The number of nitrogens with zero attached hydrogens (tertiary/aromatic N) is 3. The van der Waals surface area contributed by atoms with Crippen molar-refractivity contribution < 1.29 is 9.90 Å². The Hall–Kier alpha value is -1.39. The summed E-state index contributed by atoms with van der Waals surface area (Å²) in [6, 6.07) is 0. The summed E-state index contributed by atoms with van der Waals surface area (Å²) in [7, 11) is 1.86. The topological polar surface area (TPSA) is 68.0 Å². The van der Waals surface area contributed by atoms with Gasteiger partial charge in [-0.15, -0.1) is 0 Å². The molecule has 0 spiro atoms. The number of hydrogen-bond acceptors (Lipinski definition) is 3. The van der Waals surface area contributed by atoms with Gasteiger partial charge in [0.25, 0.3) is 0 Å². The Morgan fingerprint density at radius 1 is 1.53 bits per heavy atom. The number of hydrogen-bond donors (Lipinski definition) is 1. The number of carboxylic acids is 1. The van der Waals surface area contributed by atoms with Gasteiger partial charge in [0.15, 0.2) is 5.82 Å². The molecular weight excluding hydrogens is 218 g/mol. The Morgan fingerprint density at radius 2 is 2.29 bits per heavy atom. The Balaban J connectivity index is 2.23. The molecule has 0 aliphatic heterocycles. The lowest BCUT2D eigenvalue weighted by Gasteiger charge is -2.14. The third-order valence-electron chi connectivity index (χ3n) is 3.48. The van der Waals surface area contributed by atoms with E-state index in [1.807, 2.05) is 7.05 Å². The fourth-order valence-electron chi connectivity index (χ4n) is 2.67. The van der Waals surface area contributed by atoms with Gasteiger partial charge in [-0.1, -0.05) is 13.3 Å². The molecule has 5 nitrogen and oxygen atoms in total. The molecule has 1 aromatic rings. The Labute approximate surface area is 101 Å². The van der Waals surface area contributed by atoms with E-state index in [0.29, 0.717) is 0 Å². The number of aromatic nitrogens is 3. The average molecular weight is 237 g/mol. The maximum atomic E-state index is 11.2. The summed E-state index contributed by atoms with van der Waals surface area (Å²) < 4.78 is 1.76. The summed E-state index contributed by atoms with van der Waals surface area (Å²) in [5.41, 5.74) is 0. The van der Waals surface area contributed by atoms with Crippen LogP contribution in [-0.4, -0.2) is 25.8 Å². The van der Waals surface area contributed by atoms with Crippen molar-refractivity contribution in [2.75, 3.05) is 0 Å². The molecule has 1 fully saturated rings. The molecule has 5 heteroatoms. The van der Waals surface area contributed by atoms with Gasteiger partial charge in [-0.2, -0.15) is 5.10 Å². The highest BCUT2D eigenvalue weighted by molar-refractivity contribution is 5.71. The molecule has 1 N–H and O–H groups in total. The van der Waals surface area contributed by atoms with Crippen molar-refractivity contribution in [2.24, 2.45) is 13.0 Å². The Morgan fingerprint density at radius 3 is 2.94 bits per heavy atom. The van der Waals surface area contributed by atoms with Crippen LogP contribution in [0, 0.1) is 5.92 Å². The summed E-state index contributed by atoms with van der Waals surface area (Å²) in [5.74, 6) is 0.731. The minimum Gasteiger partial charge on any atom is -0.481 e. The first-order valence-electron chi connectivity index (χ1n) is 6.26. The first kappa shape index (κ1) is 12.1. The normalized spacial score (nSPS) is 24.1. The second-order valence-corrected chi connectivity index (χ2v) is 4.74. The third kappa shape index (κ3) is 2.33. The van der Waals surface area contributed by atoms with Gasteiger partial charge in [0.05, 0.1) is 5.92 Å². The van der Waals surface area contributed by atoms with Crippen LogP contribution in [0.1, 0.15) is 50.2 Å². The summed E-state index contributed by atoms with van der Waals surface area (Å²) in [4.78, 5) is 15.7. The van der Waals surface area contributed by atoms with Gasteiger partial charge in [-0.25, -0.2) is 4.98 Å². The molecule has 1 aliphatic rings. The first-order chi connectivity index (χ1) is 8.13. The molecule has 0 bridgehead atoms. The van der Waals surface area contributed by atoms with E-state index in [0.717, 1.165) is 43.8 Å². The lowest BCUT2D eigenvalue weighted by atomic mass is 9.95. The van der Waals surface area contributed by atoms with Crippen molar-refractivity contribution in [3.8, 4) is 0 Å². The van der Waals surface area contributed by atoms with Crippen LogP contribution < -0.4 is 0 Å². The minimum absolute atomic E-state index is 0.0376. The number of rotatable bonds is 4. The minimum atomic E-state index is -0.701. The van der Waals surface area contributed by atoms with E-state index >= 15 is 0 Å². The molecule has 0 saturated heterocycles. The van der Waals surface area contributed by atoms with Crippen molar-refractivity contribution in [3.05, 3.63) is 11.6 Å². The van der Waals surface area contributed by atoms with Crippen LogP contribution in [0.15, 0.2) is 0 Å². The Kier molecular flexibility index (Phi) is 3.45. The van der Waals surface area contributed by atoms with Gasteiger partial charge in [-0.05, 0) is 19.3 Å². The van der Waals surface area contributed by atoms with E-state index in [9.17, 15) is 9.90 Å². The summed E-state index contributed by atoms with van der Waals surface area (Å²) in [6.45, 7) is 2.09. The number of carbonyl (C=O) groups is 1. The van der Waals surface area contributed by atoms with Crippen molar-refractivity contribution >= 4 is 5.97 Å². The molecule has 0 amide bonds. The molecule has 2 rings (SSSR count). The van der Waals surface area contributed by atoms with Gasteiger partial charge in [0.1, 0.15) is 5.82 Å². The zero-order valence-electron chi connectivity index (χ0n) is 10.4. The zero-order chi connectivity index (χ0) is 12.4. The SMILES string of the molecule is CCCc1nc(C2CCCC2C(=O)O)n(C)n1. The lowest BCUT2D eigenvalue weighted by molar-refractivity contribution is -0.142. The lowest BCUT2D eigenvalue weighted by Crippen LogP contribution is -2.19. The van der Waals surface area contributed by atoms with Gasteiger partial charge in [-0.3, -0.25) is 9.48 Å². The highest BCUT2D eigenvalue weighted by atomic mass is 16.4. The molecule has 1 saturated carbocycles. The van der Waals surface area contributed by atoms with E-state index in [1.165, 1.54) is 0 Å². The molecule has 2 atom stereocenters. The van der Waals surface area contributed by atoms with Crippen molar-refractivity contribution in [3.63, 3.8) is 0 Å². The van der Waals surface area contributed by atoms with Gasteiger partial charge in [0.2, 0.25) is 0 Å². The van der Waals surface area contributed by atoms with Crippen LogP contribution in [0.2, 0.25) is 0 Å². The van der Waals surface area contributed by atoms with Crippen LogP contribution in [0.5, 0.6) is 0 Å².